The topological polar surface area (TPSA) is 87.9 Å². The van der Waals surface area contributed by atoms with Gasteiger partial charge in [0.25, 0.3) is 0 Å². The normalized spacial score (nSPS) is 20.3. The van der Waals surface area contributed by atoms with Crippen LogP contribution < -0.4 is 5.73 Å². The molecule has 0 saturated heterocycles. The molecule has 34 heavy (non-hydrogen) atoms. The first-order valence-corrected chi connectivity index (χ1v) is 12.1. The van der Waals surface area contributed by atoms with Crippen molar-refractivity contribution in [1.29, 1.82) is 0 Å². The molecule has 0 saturated carbocycles. The van der Waals surface area contributed by atoms with Gasteiger partial charge in [0, 0.05) is 43.2 Å². The van der Waals surface area contributed by atoms with Gasteiger partial charge in [-0.3, -0.25) is 14.7 Å². The monoisotopic (exact) mass is 453 g/mol. The number of benzene rings is 1. The number of allylic oxidation sites excluding steroid dienone is 3. The number of carbonyl (C=O) groups is 1. The number of hydrogen-bond donors (Lipinski definition) is 2. The number of H-pyrrole nitrogens is 1. The largest absolute Gasteiger partial charge is 0.347 e. The van der Waals surface area contributed by atoms with Crippen molar-refractivity contribution in [2.24, 2.45) is 11.7 Å². The summed E-state index contributed by atoms with van der Waals surface area (Å²) in [5.41, 5.74) is 11.4. The molecule has 6 heteroatoms. The molecule has 1 aromatic carbocycles. The third kappa shape index (κ3) is 4.52. The second-order valence-electron chi connectivity index (χ2n) is 9.11. The highest BCUT2D eigenvalue weighted by Crippen LogP contribution is 2.43. The van der Waals surface area contributed by atoms with Crippen molar-refractivity contribution in [3.63, 3.8) is 0 Å². The van der Waals surface area contributed by atoms with E-state index in [0.29, 0.717) is 18.7 Å². The van der Waals surface area contributed by atoms with Crippen molar-refractivity contribution < 1.29 is 4.79 Å². The van der Waals surface area contributed by atoms with Crippen LogP contribution in [-0.2, 0) is 19.5 Å². The first-order valence-electron chi connectivity index (χ1n) is 12.1. The van der Waals surface area contributed by atoms with Crippen molar-refractivity contribution in [2.45, 2.75) is 50.9 Å². The maximum atomic E-state index is 11.4. The number of nitrogens with zero attached hydrogens (tertiary/aromatic N) is 3. The van der Waals surface area contributed by atoms with E-state index in [0.717, 1.165) is 48.9 Å². The van der Waals surface area contributed by atoms with Gasteiger partial charge in [0.1, 0.15) is 12.1 Å². The smallest absolute Gasteiger partial charge is 0.150 e. The zero-order valence-electron chi connectivity index (χ0n) is 19.3. The third-order valence-electron chi connectivity index (χ3n) is 7.08. The lowest BCUT2D eigenvalue weighted by atomic mass is 9.85. The van der Waals surface area contributed by atoms with Crippen LogP contribution in [-0.4, -0.2) is 26.1 Å². The van der Waals surface area contributed by atoms with Crippen LogP contribution >= 0.6 is 0 Å². The van der Waals surface area contributed by atoms with E-state index in [2.05, 4.69) is 46.3 Å². The van der Waals surface area contributed by atoms with Crippen molar-refractivity contribution in [3.05, 3.63) is 107 Å². The minimum absolute atomic E-state index is 0.0468. The Kier molecular flexibility index (Phi) is 6.79. The Morgan fingerprint density at radius 3 is 2.88 bits per heavy atom. The number of pyridine rings is 1. The summed E-state index contributed by atoms with van der Waals surface area (Å²) in [5.74, 6) is 1.24. The van der Waals surface area contributed by atoms with Crippen LogP contribution in [0.3, 0.4) is 0 Å². The molecule has 0 fully saturated rings. The Hall–Kier alpha value is -3.35. The molecule has 0 amide bonds. The molecular formula is C28H31N5O. The first-order chi connectivity index (χ1) is 16.8. The van der Waals surface area contributed by atoms with E-state index in [1.165, 1.54) is 11.3 Å². The van der Waals surface area contributed by atoms with Crippen molar-refractivity contribution in [3.8, 4) is 0 Å². The van der Waals surface area contributed by atoms with Gasteiger partial charge < -0.3 is 10.7 Å². The zero-order valence-corrected chi connectivity index (χ0v) is 19.3. The van der Waals surface area contributed by atoms with Crippen LogP contribution in [0.15, 0.2) is 73.2 Å². The molecule has 174 valence electrons. The predicted octanol–water partition coefficient (Wildman–Crippen LogP) is 4.83. The van der Waals surface area contributed by atoms with Crippen molar-refractivity contribution in [1.82, 2.24) is 19.9 Å². The van der Waals surface area contributed by atoms with Crippen LogP contribution in [0, 0.1) is 5.92 Å². The van der Waals surface area contributed by atoms with Crippen LogP contribution in [0.25, 0.3) is 0 Å². The summed E-state index contributed by atoms with van der Waals surface area (Å²) in [6.45, 7) is 1.09. The van der Waals surface area contributed by atoms with E-state index in [1.54, 1.807) is 0 Å². The highest BCUT2D eigenvalue weighted by Gasteiger charge is 2.37. The van der Waals surface area contributed by atoms with Gasteiger partial charge in [-0.25, -0.2) is 4.98 Å². The molecule has 2 aromatic heterocycles. The summed E-state index contributed by atoms with van der Waals surface area (Å²) in [4.78, 5) is 26.9. The highest BCUT2D eigenvalue weighted by molar-refractivity contribution is 5.75. The molecular weight excluding hydrogens is 422 g/mol. The fourth-order valence-electron chi connectivity index (χ4n) is 5.45. The molecule has 0 radical (unpaired) electrons. The maximum Gasteiger partial charge on any atom is 0.150 e. The summed E-state index contributed by atoms with van der Waals surface area (Å²) in [6.07, 6.45) is 19.5. The molecule has 0 bridgehead atoms. The number of hydrogen-bond acceptors (Lipinski definition) is 5. The molecule has 3 N–H and O–H groups in total. The summed E-state index contributed by atoms with van der Waals surface area (Å²) < 4.78 is 0. The Labute approximate surface area is 200 Å². The standard InChI is InChI=1S/C28H31N5O/c29-17-24-16-20(19-34)11-12-23(24)18-33(25-10-4-8-21-9-5-13-30-26(21)25)27(28-31-14-15-32-28)22-6-2-1-3-7-22/h1-3,5-6,9,11-16,19,22,25,27H,4,7-8,10,17-18,29H2,(H,31,32). The quantitative estimate of drug-likeness (QED) is 0.477. The number of fused-ring (bicyclic) bond motifs is 1. The number of carbonyl (C=O) groups excluding carboxylic acids is 1. The molecule has 6 nitrogen and oxygen atoms in total. The average Bonchev–Trinajstić information content (AvgIpc) is 3.43. The van der Waals surface area contributed by atoms with Gasteiger partial charge in [-0.1, -0.05) is 42.5 Å². The lowest BCUT2D eigenvalue weighted by Crippen LogP contribution is -2.39. The van der Waals surface area contributed by atoms with Gasteiger partial charge >= 0.3 is 0 Å². The van der Waals surface area contributed by atoms with Gasteiger partial charge in [0.15, 0.2) is 0 Å². The Bertz CT molecular complexity index is 1180. The molecule has 5 rings (SSSR count). The van der Waals surface area contributed by atoms with E-state index in [1.807, 2.05) is 36.8 Å². The van der Waals surface area contributed by atoms with E-state index < -0.39 is 0 Å². The van der Waals surface area contributed by atoms with E-state index in [9.17, 15) is 4.79 Å². The first kappa shape index (κ1) is 22.4. The fourth-order valence-corrected chi connectivity index (χ4v) is 5.45. The second kappa shape index (κ2) is 10.3. The van der Waals surface area contributed by atoms with Gasteiger partial charge in [0.2, 0.25) is 0 Å². The third-order valence-corrected chi connectivity index (χ3v) is 7.08. The lowest BCUT2D eigenvalue weighted by Gasteiger charge is -2.42. The Morgan fingerprint density at radius 1 is 1.18 bits per heavy atom. The average molecular weight is 454 g/mol. The highest BCUT2D eigenvalue weighted by atomic mass is 16.1. The number of nitrogens with one attached hydrogen (secondary N) is 1. The van der Waals surface area contributed by atoms with Crippen LogP contribution in [0.4, 0.5) is 0 Å². The molecule has 3 atom stereocenters. The molecule has 0 aliphatic heterocycles. The van der Waals surface area contributed by atoms with Crippen molar-refractivity contribution in [2.75, 3.05) is 0 Å². The van der Waals surface area contributed by atoms with Crippen LogP contribution in [0.5, 0.6) is 0 Å². The predicted molar refractivity (Wildman–Crippen MR) is 133 cm³/mol. The molecule has 2 heterocycles. The lowest BCUT2D eigenvalue weighted by molar-refractivity contribution is 0.0757. The minimum atomic E-state index is 0.0468. The van der Waals surface area contributed by atoms with Crippen molar-refractivity contribution >= 4 is 6.29 Å². The van der Waals surface area contributed by atoms with E-state index in [-0.39, 0.29) is 18.0 Å². The molecule has 2 aliphatic rings. The van der Waals surface area contributed by atoms with Crippen LogP contribution in [0.2, 0.25) is 0 Å². The SMILES string of the molecule is NCc1cc(C=O)ccc1CN(C1CCCc2cccnc21)C(c1ncc[nH]1)C1C=CC=CC1. The summed E-state index contributed by atoms with van der Waals surface area (Å²) >= 11 is 0. The summed E-state index contributed by atoms with van der Waals surface area (Å²) in [6, 6.07) is 10.3. The van der Waals surface area contributed by atoms with Gasteiger partial charge in [0.05, 0.1) is 17.8 Å². The number of imidazole rings is 1. The van der Waals surface area contributed by atoms with E-state index >= 15 is 0 Å². The number of aryl methyl sites for hydroxylation is 1. The number of rotatable bonds is 8. The van der Waals surface area contributed by atoms with Gasteiger partial charge in [-0.2, -0.15) is 0 Å². The number of aromatic nitrogens is 3. The number of nitrogens with two attached hydrogens (primary N) is 1. The van der Waals surface area contributed by atoms with Gasteiger partial charge in [-0.05, 0) is 54.5 Å². The molecule has 0 spiro atoms. The van der Waals surface area contributed by atoms with Crippen LogP contribution in [0.1, 0.15) is 69.9 Å². The number of aldehydes is 1. The summed E-state index contributed by atoms with van der Waals surface area (Å²) in [7, 11) is 0. The minimum Gasteiger partial charge on any atom is -0.347 e. The molecule has 3 aromatic rings. The molecule has 2 aliphatic carbocycles. The maximum absolute atomic E-state index is 11.4. The summed E-state index contributed by atoms with van der Waals surface area (Å²) in [5, 5.41) is 0. The molecule has 3 unspecified atom stereocenters. The number of aromatic amines is 1. The Morgan fingerprint density at radius 2 is 2.12 bits per heavy atom. The second-order valence-corrected chi connectivity index (χ2v) is 9.11. The Balaban J connectivity index is 1.62. The fraction of sp³-hybridized carbons (Fsp3) is 0.321. The zero-order chi connectivity index (χ0) is 23.3. The van der Waals surface area contributed by atoms with E-state index in [4.69, 9.17) is 15.7 Å². The van der Waals surface area contributed by atoms with Gasteiger partial charge in [-0.15, -0.1) is 0 Å².